The number of hydrogen-bond acceptors (Lipinski definition) is 3. The van der Waals surface area contributed by atoms with Crippen LogP contribution in [-0.4, -0.2) is 19.3 Å². The van der Waals surface area contributed by atoms with Crippen molar-refractivity contribution in [3.05, 3.63) is 108 Å². The lowest BCUT2D eigenvalue weighted by atomic mass is 10.1. The number of imidazole rings is 1. The maximum absolute atomic E-state index is 4.55. The van der Waals surface area contributed by atoms with Crippen LogP contribution in [0.3, 0.4) is 0 Å². The molecule has 2 aromatic carbocycles. The lowest BCUT2D eigenvalue weighted by molar-refractivity contribution is 0.557. The highest BCUT2D eigenvalue weighted by Crippen LogP contribution is 2.20. The zero-order valence-electron chi connectivity index (χ0n) is 15.4. The molecule has 5 nitrogen and oxygen atoms in total. The number of rotatable bonds is 7. The molecule has 4 aromatic rings. The molecule has 0 radical (unpaired) electrons. The van der Waals surface area contributed by atoms with Crippen molar-refractivity contribution in [3.63, 3.8) is 0 Å². The molecule has 2 aromatic heterocycles. The van der Waals surface area contributed by atoms with Gasteiger partial charge in [0.2, 0.25) is 0 Å². The van der Waals surface area contributed by atoms with Crippen LogP contribution in [-0.2, 0) is 20.1 Å². The zero-order valence-corrected chi connectivity index (χ0v) is 15.4. The fourth-order valence-electron chi connectivity index (χ4n) is 3.23. The SMILES string of the molecule is Cn1ccnc1[C@H](NCc1cnn(Cc2ccccc2)c1)c1ccccc1. The summed E-state index contributed by atoms with van der Waals surface area (Å²) in [5.41, 5.74) is 3.60. The Morgan fingerprint density at radius 2 is 1.70 bits per heavy atom. The van der Waals surface area contributed by atoms with E-state index >= 15 is 0 Å². The number of hydrogen-bond donors (Lipinski definition) is 1. The van der Waals surface area contributed by atoms with Gasteiger partial charge in [0.05, 0.1) is 18.8 Å². The average Bonchev–Trinajstić information content (AvgIpc) is 3.33. The second-order valence-electron chi connectivity index (χ2n) is 6.65. The molecule has 0 aliphatic carbocycles. The van der Waals surface area contributed by atoms with Crippen molar-refractivity contribution in [2.24, 2.45) is 7.05 Å². The van der Waals surface area contributed by atoms with Gasteiger partial charge in [-0.25, -0.2) is 4.98 Å². The summed E-state index contributed by atoms with van der Waals surface area (Å²) in [7, 11) is 2.03. The van der Waals surface area contributed by atoms with E-state index in [0.29, 0.717) is 0 Å². The second-order valence-corrected chi connectivity index (χ2v) is 6.65. The fourth-order valence-corrected chi connectivity index (χ4v) is 3.23. The molecule has 0 unspecified atom stereocenters. The van der Waals surface area contributed by atoms with Gasteiger partial charge in [0.1, 0.15) is 5.82 Å². The summed E-state index contributed by atoms with van der Waals surface area (Å²) in [5, 5.41) is 8.13. The average molecular weight is 357 g/mol. The van der Waals surface area contributed by atoms with Crippen LogP contribution >= 0.6 is 0 Å². The quantitative estimate of drug-likeness (QED) is 0.550. The Morgan fingerprint density at radius 1 is 0.963 bits per heavy atom. The van der Waals surface area contributed by atoms with E-state index in [1.54, 1.807) is 0 Å². The van der Waals surface area contributed by atoms with Gasteiger partial charge in [-0.05, 0) is 11.1 Å². The molecule has 4 rings (SSSR count). The first-order valence-electron chi connectivity index (χ1n) is 9.10. The van der Waals surface area contributed by atoms with Crippen LogP contribution in [0.5, 0.6) is 0 Å². The zero-order chi connectivity index (χ0) is 18.5. The molecule has 0 aliphatic heterocycles. The molecule has 0 saturated heterocycles. The van der Waals surface area contributed by atoms with E-state index in [2.05, 4.69) is 74.7 Å². The number of aryl methyl sites for hydroxylation is 1. The Labute approximate surface area is 159 Å². The smallest absolute Gasteiger partial charge is 0.130 e. The van der Waals surface area contributed by atoms with E-state index in [-0.39, 0.29) is 6.04 Å². The maximum atomic E-state index is 4.55. The van der Waals surface area contributed by atoms with Crippen molar-refractivity contribution in [1.82, 2.24) is 24.6 Å². The van der Waals surface area contributed by atoms with E-state index in [1.807, 2.05) is 42.5 Å². The van der Waals surface area contributed by atoms with Gasteiger partial charge in [-0.15, -0.1) is 0 Å². The van der Waals surface area contributed by atoms with Crippen LogP contribution in [0.4, 0.5) is 0 Å². The predicted molar refractivity (Wildman–Crippen MR) is 106 cm³/mol. The fraction of sp³-hybridized carbons (Fsp3) is 0.182. The molecule has 1 atom stereocenters. The first kappa shape index (κ1) is 17.2. The van der Waals surface area contributed by atoms with Crippen molar-refractivity contribution in [3.8, 4) is 0 Å². The summed E-state index contributed by atoms with van der Waals surface area (Å²) in [6.45, 7) is 1.50. The highest BCUT2D eigenvalue weighted by Gasteiger charge is 2.17. The predicted octanol–water partition coefficient (Wildman–Crippen LogP) is 3.54. The Kier molecular flexibility index (Phi) is 5.12. The van der Waals surface area contributed by atoms with Crippen molar-refractivity contribution in [2.75, 3.05) is 0 Å². The monoisotopic (exact) mass is 357 g/mol. The van der Waals surface area contributed by atoms with Gasteiger partial charge in [0, 0.05) is 37.7 Å². The van der Waals surface area contributed by atoms with Crippen molar-refractivity contribution in [2.45, 2.75) is 19.1 Å². The van der Waals surface area contributed by atoms with Crippen molar-refractivity contribution in [1.29, 1.82) is 0 Å². The summed E-state index contributed by atoms with van der Waals surface area (Å²) in [6.07, 6.45) is 7.84. The lowest BCUT2D eigenvalue weighted by Crippen LogP contribution is -2.24. The highest BCUT2D eigenvalue weighted by atomic mass is 15.3. The molecule has 5 heteroatoms. The Morgan fingerprint density at radius 3 is 2.41 bits per heavy atom. The van der Waals surface area contributed by atoms with Crippen molar-refractivity contribution < 1.29 is 0 Å². The second kappa shape index (κ2) is 8.01. The maximum Gasteiger partial charge on any atom is 0.130 e. The molecule has 27 heavy (non-hydrogen) atoms. The minimum Gasteiger partial charge on any atom is -0.336 e. The van der Waals surface area contributed by atoms with Gasteiger partial charge < -0.3 is 4.57 Å². The topological polar surface area (TPSA) is 47.7 Å². The van der Waals surface area contributed by atoms with E-state index < -0.39 is 0 Å². The van der Waals surface area contributed by atoms with Gasteiger partial charge in [-0.3, -0.25) is 10.00 Å². The van der Waals surface area contributed by atoms with Gasteiger partial charge in [0.15, 0.2) is 0 Å². The largest absolute Gasteiger partial charge is 0.336 e. The van der Waals surface area contributed by atoms with Crippen molar-refractivity contribution >= 4 is 0 Å². The summed E-state index contributed by atoms with van der Waals surface area (Å²) in [4.78, 5) is 4.55. The lowest BCUT2D eigenvalue weighted by Gasteiger charge is -2.18. The normalized spacial score (nSPS) is 12.2. The minimum atomic E-state index is 0.0312. The third-order valence-electron chi connectivity index (χ3n) is 4.63. The molecule has 0 spiro atoms. The Bertz CT molecular complexity index is 972. The summed E-state index contributed by atoms with van der Waals surface area (Å²) in [5.74, 6) is 0.998. The number of aromatic nitrogens is 4. The van der Waals surface area contributed by atoms with Gasteiger partial charge in [0.25, 0.3) is 0 Å². The molecule has 0 aliphatic rings. The molecule has 136 valence electrons. The van der Waals surface area contributed by atoms with Crippen LogP contribution in [0.2, 0.25) is 0 Å². The molecule has 2 heterocycles. The molecule has 0 bridgehead atoms. The number of nitrogens with zero attached hydrogens (tertiary/aromatic N) is 4. The first-order valence-corrected chi connectivity index (χ1v) is 9.10. The standard InChI is InChI=1S/C22H23N5/c1-26-13-12-23-22(26)21(20-10-6-3-7-11-20)24-14-19-15-25-27(17-19)16-18-8-4-2-5-9-18/h2-13,15,17,21,24H,14,16H2,1H3/t21-/m1/s1. The number of benzene rings is 2. The van der Waals surface area contributed by atoms with Gasteiger partial charge in [-0.2, -0.15) is 5.10 Å². The molecular weight excluding hydrogens is 334 g/mol. The highest BCUT2D eigenvalue weighted by molar-refractivity contribution is 5.25. The Balaban J connectivity index is 1.48. The minimum absolute atomic E-state index is 0.0312. The van der Waals surface area contributed by atoms with Crippen LogP contribution < -0.4 is 5.32 Å². The van der Waals surface area contributed by atoms with Crippen LogP contribution in [0.15, 0.2) is 85.5 Å². The number of nitrogens with one attached hydrogen (secondary N) is 1. The van der Waals surface area contributed by atoms with Crippen LogP contribution in [0.1, 0.15) is 28.6 Å². The van der Waals surface area contributed by atoms with E-state index in [0.717, 1.165) is 24.5 Å². The molecule has 0 amide bonds. The molecule has 1 N–H and O–H groups in total. The Hall–Kier alpha value is -3.18. The third kappa shape index (κ3) is 4.15. The van der Waals surface area contributed by atoms with Crippen LogP contribution in [0, 0.1) is 0 Å². The molecular formula is C22H23N5. The summed E-state index contributed by atoms with van der Waals surface area (Å²) in [6, 6.07) is 20.8. The first-order chi connectivity index (χ1) is 13.3. The summed E-state index contributed by atoms with van der Waals surface area (Å²) < 4.78 is 4.04. The summed E-state index contributed by atoms with van der Waals surface area (Å²) >= 11 is 0. The molecule has 0 fully saturated rings. The van der Waals surface area contributed by atoms with Gasteiger partial charge >= 0.3 is 0 Å². The van der Waals surface area contributed by atoms with E-state index in [4.69, 9.17) is 0 Å². The van der Waals surface area contributed by atoms with Crippen LogP contribution in [0.25, 0.3) is 0 Å². The van der Waals surface area contributed by atoms with Gasteiger partial charge in [-0.1, -0.05) is 60.7 Å². The molecule has 0 saturated carbocycles. The third-order valence-corrected chi connectivity index (χ3v) is 4.63. The van der Waals surface area contributed by atoms with E-state index in [1.165, 1.54) is 11.1 Å². The van der Waals surface area contributed by atoms with E-state index in [9.17, 15) is 0 Å².